The van der Waals surface area contributed by atoms with Gasteiger partial charge in [-0.1, -0.05) is 0 Å². The molecule has 0 radical (unpaired) electrons. The molecule has 7 heteroatoms. The van der Waals surface area contributed by atoms with Crippen molar-refractivity contribution in [3.05, 3.63) is 22.7 Å². The van der Waals surface area contributed by atoms with E-state index >= 15 is 0 Å². The lowest BCUT2D eigenvalue weighted by Crippen LogP contribution is -2.26. The van der Waals surface area contributed by atoms with Crippen LogP contribution in [-0.4, -0.2) is 38.6 Å². The van der Waals surface area contributed by atoms with Crippen molar-refractivity contribution in [2.75, 3.05) is 12.3 Å². The molecule has 0 spiro atoms. The van der Waals surface area contributed by atoms with Gasteiger partial charge in [-0.25, -0.2) is 4.98 Å². The average Bonchev–Trinajstić information content (AvgIpc) is 2.59. The van der Waals surface area contributed by atoms with Crippen LogP contribution in [0, 0.1) is 0 Å². The quantitative estimate of drug-likeness (QED) is 0.565. The average molecular weight is 227 g/mol. The Hall–Kier alpha value is -1.44. The number of aliphatic hydroxyl groups excluding tert-OH is 2. The monoisotopic (exact) mass is 227 g/mol. The first-order valence-electron chi connectivity index (χ1n) is 4.90. The molecule has 2 heterocycles. The largest absolute Gasteiger partial charge is 0.394 e. The number of aromatic nitrogens is 2. The van der Waals surface area contributed by atoms with E-state index in [-0.39, 0.29) is 24.4 Å². The van der Waals surface area contributed by atoms with Gasteiger partial charge in [-0.15, -0.1) is 0 Å². The molecule has 1 saturated heterocycles. The summed E-state index contributed by atoms with van der Waals surface area (Å²) in [6.07, 6.45) is -0.521. The van der Waals surface area contributed by atoms with E-state index in [0.717, 1.165) is 0 Å². The highest BCUT2D eigenvalue weighted by molar-refractivity contribution is 5.23. The number of nitrogens with zero attached hydrogens (tertiary/aromatic N) is 2. The maximum Gasteiger partial charge on any atom is 0.257 e. The van der Waals surface area contributed by atoms with E-state index < -0.39 is 18.4 Å². The molecule has 0 saturated carbocycles. The van der Waals surface area contributed by atoms with Crippen molar-refractivity contribution >= 4 is 5.82 Å². The van der Waals surface area contributed by atoms with Crippen LogP contribution in [0.2, 0.25) is 0 Å². The number of aliphatic hydroxyl groups is 2. The van der Waals surface area contributed by atoms with Crippen molar-refractivity contribution < 1.29 is 14.9 Å². The highest BCUT2D eigenvalue weighted by Gasteiger charge is 2.34. The molecule has 7 nitrogen and oxygen atoms in total. The lowest BCUT2D eigenvalue weighted by atomic mass is 10.2. The summed E-state index contributed by atoms with van der Waals surface area (Å²) >= 11 is 0. The number of hydrogen-bond acceptors (Lipinski definition) is 6. The molecule has 1 aliphatic rings. The molecule has 4 N–H and O–H groups in total. The normalized spacial score (nSPS) is 29.5. The lowest BCUT2D eigenvalue weighted by molar-refractivity contribution is -0.0457. The fourth-order valence-corrected chi connectivity index (χ4v) is 1.69. The van der Waals surface area contributed by atoms with Crippen LogP contribution < -0.4 is 11.3 Å². The second-order valence-corrected chi connectivity index (χ2v) is 3.67. The molecule has 88 valence electrons. The fourth-order valence-electron chi connectivity index (χ4n) is 1.69. The first-order valence-corrected chi connectivity index (χ1v) is 4.90. The maximum absolute atomic E-state index is 11.5. The number of nitrogens with two attached hydrogens (primary N) is 1. The second-order valence-electron chi connectivity index (χ2n) is 3.67. The second kappa shape index (κ2) is 4.20. The predicted molar refractivity (Wildman–Crippen MR) is 54.5 cm³/mol. The molecule has 1 fully saturated rings. The fraction of sp³-hybridized carbons (Fsp3) is 0.556. The minimum atomic E-state index is -0.778. The SMILES string of the molecule is Nc1cc(=O)n([C@H]2C[C@H](O)[C@H](CO)O2)cn1. The van der Waals surface area contributed by atoms with Gasteiger partial charge in [0.2, 0.25) is 0 Å². The van der Waals surface area contributed by atoms with Crippen molar-refractivity contribution in [1.82, 2.24) is 9.55 Å². The first kappa shape index (κ1) is 11.1. The number of hydrogen-bond donors (Lipinski definition) is 3. The Bertz CT molecular complexity index is 433. The van der Waals surface area contributed by atoms with Crippen molar-refractivity contribution in [3.63, 3.8) is 0 Å². The van der Waals surface area contributed by atoms with Gasteiger partial charge in [-0.2, -0.15) is 0 Å². The van der Waals surface area contributed by atoms with Gasteiger partial charge in [0, 0.05) is 12.5 Å². The molecule has 16 heavy (non-hydrogen) atoms. The van der Waals surface area contributed by atoms with E-state index in [0.29, 0.717) is 0 Å². The van der Waals surface area contributed by atoms with E-state index in [4.69, 9.17) is 15.6 Å². The molecular formula is C9H13N3O4. The van der Waals surface area contributed by atoms with Crippen molar-refractivity contribution in [2.45, 2.75) is 24.9 Å². The third kappa shape index (κ3) is 1.92. The molecule has 1 aromatic rings. The summed E-state index contributed by atoms with van der Waals surface area (Å²) in [6, 6.07) is 1.18. The van der Waals surface area contributed by atoms with E-state index in [2.05, 4.69) is 4.98 Å². The molecule has 0 bridgehead atoms. The first-order chi connectivity index (χ1) is 7.61. The van der Waals surface area contributed by atoms with Crippen molar-refractivity contribution in [2.24, 2.45) is 0 Å². The zero-order valence-electron chi connectivity index (χ0n) is 8.48. The number of rotatable bonds is 2. The van der Waals surface area contributed by atoms with Crippen LogP contribution in [0.4, 0.5) is 5.82 Å². The Balaban J connectivity index is 2.23. The molecule has 2 rings (SSSR count). The molecule has 3 atom stereocenters. The summed E-state index contributed by atoms with van der Waals surface area (Å²) in [5.41, 5.74) is 5.01. The molecule has 1 aliphatic heterocycles. The van der Waals surface area contributed by atoms with Crippen LogP contribution in [0.15, 0.2) is 17.2 Å². The van der Waals surface area contributed by atoms with Crippen molar-refractivity contribution in [3.8, 4) is 0 Å². The van der Waals surface area contributed by atoms with E-state index in [1.807, 2.05) is 0 Å². The van der Waals surface area contributed by atoms with Gasteiger partial charge in [0.15, 0.2) is 0 Å². The minimum absolute atomic E-state index is 0.138. The van der Waals surface area contributed by atoms with Crippen molar-refractivity contribution in [1.29, 1.82) is 0 Å². The minimum Gasteiger partial charge on any atom is -0.394 e. The van der Waals surface area contributed by atoms with E-state index in [9.17, 15) is 9.90 Å². The van der Waals surface area contributed by atoms with E-state index in [1.165, 1.54) is 17.0 Å². The lowest BCUT2D eigenvalue weighted by Gasteiger charge is -2.13. The van der Waals surface area contributed by atoms with Crippen LogP contribution in [0.25, 0.3) is 0 Å². The van der Waals surface area contributed by atoms with Gasteiger partial charge in [0.25, 0.3) is 5.56 Å². The number of nitrogen functional groups attached to an aromatic ring is 1. The van der Waals surface area contributed by atoms with Gasteiger partial charge in [-0.05, 0) is 0 Å². The Morgan fingerprint density at radius 1 is 1.69 bits per heavy atom. The number of anilines is 1. The van der Waals surface area contributed by atoms with Gasteiger partial charge in [0.1, 0.15) is 24.5 Å². The predicted octanol–water partition coefficient (Wildman–Crippen LogP) is -1.53. The number of ether oxygens (including phenoxy) is 1. The summed E-state index contributed by atoms with van der Waals surface area (Å²) in [4.78, 5) is 15.3. The molecule has 0 amide bonds. The maximum atomic E-state index is 11.5. The van der Waals surface area contributed by atoms with Gasteiger partial charge in [-0.3, -0.25) is 9.36 Å². The van der Waals surface area contributed by atoms with Gasteiger partial charge < -0.3 is 20.7 Å². The summed E-state index contributed by atoms with van der Waals surface area (Å²) in [5, 5.41) is 18.4. The van der Waals surface area contributed by atoms with Gasteiger partial charge in [0.05, 0.1) is 12.7 Å². The Morgan fingerprint density at radius 3 is 3.00 bits per heavy atom. The molecule has 0 aliphatic carbocycles. The van der Waals surface area contributed by atoms with Crippen LogP contribution in [0.3, 0.4) is 0 Å². The Kier molecular flexibility index (Phi) is 2.90. The molecular weight excluding hydrogens is 214 g/mol. The van der Waals surface area contributed by atoms with E-state index in [1.54, 1.807) is 0 Å². The Labute approximate surface area is 91.1 Å². The van der Waals surface area contributed by atoms with Gasteiger partial charge >= 0.3 is 0 Å². The highest BCUT2D eigenvalue weighted by atomic mass is 16.5. The van der Waals surface area contributed by atoms with Crippen LogP contribution in [-0.2, 0) is 4.74 Å². The Morgan fingerprint density at radius 2 is 2.44 bits per heavy atom. The summed E-state index contributed by atoms with van der Waals surface area (Å²) in [6.45, 7) is -0.283. The third-order valence-electron chi connectivity index (χ3n) is 2.55. The standard InChI is InChI=1S/C9H13N3O4/c10-7-2-8(15)12(4-11-7)9-1-5(14)6(3-13)16-9/h2,4-6,9,13-14H,1,3,10H2/t5-,6-,9+/m0/s1. The topological polar surface area (TPSA) is 111 Å². The smallest absolute Gasteiger partial charge is 0.257 e. The molecule has 1 aromatic heterocycles. The molecule has 0 unspecified atom stereocenters. The van der Waals surface area contributed by atoms with Crippen LogP contribution >= 0.6 is 0 Å². The highest BCUT2D eigenvalue weighted by Crippen LogP contribution is 2.26. The third-order valence-corrected chi connectivity index (χ3v) is 2.55. The zero-order valence-corrected chi connectivity index (χ0v) is 8.48. The summed E-state index contributed by atoms with van der Waals surface area (Å²) in [7, 11) is 0. The van der Waals surface area contributed by atoms with Crippen LogP contribution in [0.1, 0.15) is 12.6 Å². The zero-order chi connectivity index (χ0) is 11.7. The summed E-state index contributed by atoms with van der Waals surface area (Å²) in [5.74, 6) is 0.138. The van der Waals surface area contributed by atoms with Crippen LogP contribution in [0.5, 0.6) is 0 Å². The summed E-state index contributed by atoms with van der Waals surface area (Å²) < 4.78 is 6.56. The molecule has 0 aromatic carbocycles.